The fourth-order valence-corrected chi connectivity index (χ4v) is 1.67. The molecule has 14 heavy (non-hydrogen) atoms. The third-order valence-electron chi connectivity index (χ3n) is 2.37. The zero-order chi connectivity index (χ0) is 10.7. The molecule has 0 saturated heterocycles. The van der Waals surface area contributed by atoms with Gasteiger partial charge in [0.25, 0.3) is 0 Å². The van der Waals surface area contributed by atoms with Crippen LogP contribution in [0.3, 0.4) is 0 Å². The van der Waals surface area contributed by atoms with Crippen LogP contribution in [0.2, 0.25) is 0 Å². The summed E-state index contributed by atoms with van der Waals surface area (Å²) in [4.78, 5) is 0. The van der Waals surface area contributed by atoms with Crippen LogP contribution in [0.1, 0.15) is 39.7 Å². The Kier molecular flexibility index (Phi) is 3.98. The molecule has 4 heteroatoms. The van der Waals surface area contributed by atoms with Gasteiger partial charge in [-0.3, -0.25) is 0 Å². The monoisotopic (exact) mass is 259 g/mol. The van der Waals surface area contributed by atoms with Crippen molar-refractivity contribution in [1.29, 1.82) is 0 Å². The molecule has 3 nitrogen and oxygen atoms in total. The maximum atomic E-state index is 5.86. The Labute approximate surface area is 93.8 Å². The molecule has 0 saturated carbocycles. The molecule has 1 unspecified atom stereocenters. The number of hydrogen-bond acceptors (Lipinski definition) is 2. The molecule has 0 aliphatic heterocycles. The molecular formula is C10H18BrN3. The van der Waals surface area contributed by atoms with Crippen LogP contribution in [0.25, 0.3) is 0 Å². The average molecular weight is 260 g/mol. The van der Waals surface area contributed by atoms with Crippen LogP contribution in [0.15, 0.2) is 10.7 Å². The number of hydrogen-bond donors (Lipinski definition) is 1. The summed E-state index contributed by atoms with van der Waals surface area (Å²) in [7, 11) is 0. The van der Waals surface area contributed by atoms with Crippen LogP contribution in [0.4, 0.5) is 5.82 Å². The summed E-state index contributed by atoms with van der Waals surface area (Å²) in [5.41, 5.74) is 5.86. The number of halogens is 1. The minimum Gasteiger partial charge on any atom is -0.383 e. The second-order valence-electron chi connectivity index (χ2n) is 4.14. The van der Waals surface area contributed by atoms with E-state index in [0.717, 1.165) is 22.6 Å². The normalized spacial score (nSPS) is 13.5. The second kappa shape index (κ2) is 4.82. The van der Waals surface area contributed by atoms with Gasteiger partial charge in [-0.05, 0) is 41.6 Å². The SMILES string of the molecule is CC(C)CCC(C)n1ncc(Br)c1N. The van der Waals surface area contributed by atoms with E-state index in [1.54, 1.807) is 6.20 Å². The van der Waals surface area contributed by atoms with Crippen molar-refractivity contribution in [2.75, 3.05) is 5.73 Å². The summed E-state index contributed by atoms with van der Waals surface area (Å²) in [6.45, 7) is 6.61. The van der Waals surface area contributed by atoms with Gasteiger partial charge in [0.2, 0.25) is 0 Å². The second-order valence-corrected chi connectivity index (χ2v) is 5.00. The molecule has 0 bridgehead atoms. The Hall–Kier alpha value is -0.510. The van der Waals surface area contributed by atoms with E-state index in [-0.39, 0.29) is 0 Å². The van der Waals surface area contributed by atoms with Gasteiger partial charge in [-0.15, -0.1) is 0 Å². The van der Waals surface area contributed by atoms with E-state index in [2.05, 4.69) is 41.8 Å². The van der Waals surface area contributed by atoms with Gasteiger partial charge in [-0.25, -0.2) is 4.68 Å². The predicted octanol–water partition coefficient (Wildman–Crippen LogP) is 3.23. The van der Waals surface area contributed by atoms with Crippen molar-refractivity contribution in [2.24, 2.45) is 5.92 Å². The average Bonchev–Trinajstić information content (AvgIpc) is 2.44. The van der Waals surface area contributed by atoms with Crippen molar-refractivity contribution in [3.63, 3.8) is 0 Å². The number of nitrogen functional groups attached to an aromatic ring is 1. The number of rotatable bonds is 4. The molecular weight excluding hydrogens is 242 g/mol. The molecule has 80 valence electrons. The van der Waals surface area contributed by atoms with Gasteiger partial charge in [0.1, 0.15) is 5.82 Å². The molecule has 1 aromatic rings. The molecule has 1 heterocycles. The lowest BCUT2D eigenvalue weighted by atomic mass is 10.0. The summed E-state index contributed by atoms with van der Waals surface area (Å²) in [5, 5.41) is 4.24. The number of nitrogens with two attached hydrogens (primary N) is 1. The molecule has 0 fully saturated rings. The van der Waals surface area contributed by atoms with E-state index < -0.39 is 0 Å². The maximum absolute atomic E-state index is 5.86. The van der Waals surface area contributed by atoms with Crippen LogP contribution in [-0.4, -0.2) is 9.78 Å². The molecule has 0 aliphatic rings. The first kappa shape index (κ1) is 11.6. The fourth-order valence-electron chi connectivity index (χ4n) is 1.40. The van der Waals surface area contributed by atoms with Gasteiger partial charge < -0.3 is 5.73 Å². The number of anilines is 1. The highest BCUT2D eigenvalue weighted by Crippen LogP contribution is 2.24. The first-order valence-electron chi connectivity index (χ1n) is 5.00. The van der Waals surface area contributed by atoms with Gasteiger partial charge in [-0.2, -0.15) is 5.10 Å². The first-order valence-corrected chi connectivity index (χ1v) is 5.80. The smallest absolute Gasteiger partial charge is 0.136 e. The first-order chi connectivity index (χ1) is 6.52. The van der Waals surface area contributed by atoms with Crippen LogP contribution < -0.4 is 5.73 Å². The lowest BCUT2D eigenvalue weighted by molar-refractivity contribution is 0.415. The van der Waals surface area contributed by atoms with Gasteiger partial charge in [0.05, 0.1) is 16.7 Å². The van der Waals surface area contributed by atoms with E-state index in [9.17, 15) is 0 Å². The van der Waals surface area contributed by atoms with E-state index in [1.165, 1.54) is 6.42 Å². The standard InChI is InChI=1S/C10H18BrN3/c1-7(2)4-5-8(3)14-10(12)9(11)6-13-14/h6-8H,4-5,12H2,1-3H3. The zero-order valence-electron chi connectivity index (χ0n) is 9.00. The molecule has 0 radical (unpaired) electrons. The summed E-state index contributed by atoms with van der Waals surface area (Å²) in [5.74, 6) is 1.46. The summed E-state index contributed by atoms with van der Waals surface area (Å²) >= 11 is 3.36. The minimum absolute atomic E-state index is 0.378. The van der Waals surface area contributed by atoms with Gasteiger partial charge in [-0.1, -0.05) is 13.8 Å². The van der Waals surface area contributed by atoms with E-state index in [1.807, 2.05) is 4.68 Å². The van der Waals surface area contributed by atoms with Crippen molar-refractivity contribution in [1.82, 2.24) is 9.78 Å². The van der Waals surface area contributed by atoms with E-state index in [0.29, 0.717) is 6.04 Å². The molecule has 0 amide bonds. The quantitative estimate of drug-likeness (QED) is 0.903. The highest BCUT2D eigenvalue weighted by Gasteiger charge is 2.11. The Morgan fingerprint density at radius 1 is 1.43 bits per heavy atom. The number of aromatic nitrogens is 2. The molecule has 0 aromatic carbocycles. The Bertz CT molecular complexity index is 294. The van der Waals surface area contributed by atoms with Gasteiger partial charge >= 0.3 is 0 Å². The largest absolute Gasteiger partial charge is 0.383 e. The van der Waals surface area contributed by atoms with E-state index >= 15 is 0 Å². The Morgan fingerprint density at radius 3 is 2.50 bits per heavy atom. The van der Waals surface area contributed by atoms with Gasteiger partial charge in [0.15, 0.2) is 0 Å². The molecule has 1 rings (SSSR count). The Balaban J connectivity index is 2.60. The lowest BCUT2D eigenvalue weighted by Crippen LogP contribution is -2.11. The van der Waals surface area contributed by atoms with Gasteiger partial charge in [0, 0.05) is 0 Å². The van der Waals surface area contributed by atoms with Crippen LogP contribution in [0.5, 0.6) is 0 Å². The predicted molar refractivity (Wildman–Crippen MR) is 63.1 cm³/mol. The Morgan fingerprint density at radius 2 is 2.07 bits per heavy atom. The van der Waals surface area contributed by atoms with Crippen molar-refractivity contribution in [2.45, 2.75) is 39.7 Å². The summed E-state index contributed by atoms with van der Waals surface area (Å²) in [6, 6.07) is 0.378. The van der Waals surface area contributed by atoms with E-state index in [4.69, 9.17) is 5.73 Å². The highest BCUT2D eigenvalue weighted by atomic mass is 79.9. The molecule has 2 N–H and O–H groups in total. The van der Waals surface area contributed by atoms with Crippen LogP contribution >= 0.6 is 15.9 Å². The molecule has 1 atom stereocenters. The molecule has 1 aromatic heterocycles. The lowest BCUT2D eigenvalue weighted by Gasteiger charge is -2.14. The molecule has 0 spiro atoms. The third-order valence-corrected chi connectivity index (χ3v) is 2.98. The van der Waals surface area contributed by atoms with Crippen molar-refractivity contribution >= 4 is 21.7 Å². The van der Waals surface area contributed by atoms with Crippen molar-refractivity contribution in [3.8, 4) is 0 Å². The van der Waals surface area contributed by atoms with Crippen LogP contribution in [0, 0.1) is 5.92 Å². The highest BCUT2D eigenvalue weighted by molar-refractivity contribution is 9.10. The third kappa shape index (κ3) is 2.74. The number of nitrogens with zero attached hydrogens (tertiary/aromatic N) is 2. The fraction of sp³-hybridized carbons (Fsp3) is 0.700. The van der Waals surface area contributed by atoms with Crippen molar-refractivity contribution in [3.05, 3.63) is 10.7 Å². The van der Waals surface area contributed by atoms with Crippen LogP contribution in [-0.2, 0) is 0 Å². The minimum atomic E-state index is 0.378. The zero-order valence-corrected chi connectivity index (χ0v) is 10.6. The summed E-state index contributed by atoms with van der Waals surface area (Å²) < 4.78 is 2.76. The van der Waals surface area contributed by atoms with Crippen molar-refractivity contribution < 1.29 is 0 Å². The summed E-state index contributed by atoms with van der Waals surface area (Å²) in [6.07, 6.45) is 4.08. The topological polar surface area (TPSA) is 43.8 Å². The molecule has 0 aliphatic carbocycles. The maximum Gasteiger partial charge on any atom is 0.136 e.